The van der Waals surface area contributed by atoms with Gasteiger partial charge in [0.2, 0.25) is 0 Å². The SMILES string of the molecule is Cc1c(N)cccc1C(=O)Nc1ncnc(Cl)c1Cl. The van der Waals surface area contributed by atoms with E-state index in [-0.39, 0.29) is 21.9 Å². The van der Waals surface area contributed by atoms with E-state index in [4.69, 9.17) is 28.9 Å². The molecule has 0 saturated heterocycles. The minimum Gasteiger partial charge on any atom is -0.398 e. The summed E-state index contributed by atoms with van der Waals surface area (Å²) in [5.41, 5.74) is 7.44. The Kier molecular flexibility index (Phi) is 3.87. The molecule has 0 atom stereocenters. The lowest BCUT2D eigenvalue weighted by Crippen LogP contribution is -2.15. The predicted octanol–water partition coefficient (Wildman–Crippen LogP) is 2.93. The summed E-state index contributed by atoms with van der Waals surface area (Å²) >= 11 is 11.6. The molecule has 1 amide bonds. The van der Waals surface area contributed by atoms with Gasteiger partial charge in [-0.2, -0.15) is 0 Å². The van der Waals surface area contributed by atoms with Gasteiger partial charge in [0.1, 0.15) is 11.3 Å². The standard InChI is InChI=1S/C12H10Cl2N4O/c1-6-7(3-2-4-8(6)15)12(19)18-11-9(13)10(14)16-5-17-11/h2-5H,15H2,1H3,(H,16,17,18,19). The summed E-state index contributed by atoms with van der Waals surface area (Å²) in [5, 5.41) is 2.75. The summed E-state index contributed by atoms with van der Waals surface area (Å²) in [5.74, 6) is -0.199. The molecule has 1 heterocycles. The van der Waals surface area contributed by atoms with Crippen LogP contribution in [-0.4, -0.2) is 15.9 Å². The van der Waals surface area contributed by atoms with Crippen LogP contribution in [0.2, 0.25) is 10.2 Å². The Morgan fingerprint density at radius 2 is 2.05 bits per heavy atom. The van der Waals surface area contributed by atoms with E-state index in [1.165, 1.54) is 6.33 Å². The van der Waals surface area contributed by atoms with Crippen LogP contribution in [-0.2, 0) is 0 Å². The molecule has 5 nitrogen and oxygen atoms in total. The number of nitrogens with two attached hydrogens (primary N) is 1. The Morgan fingerprint density at radius 1 is 1.32 bits per heavy atom. The summed E-state index contributed by atoms with van der Waals surface area (Å²) < 4.78 is 0. The molecule has 3 N–H and O–H groups in total. The number of hydrogen-bond donors (Lipinski definition) is 2. The molecule has 0 saturated carbocycles. The van der Waals surface area contributed by atoms with E-state index in [1.54, 1.807) is 25.1 Å². The average Bonchev–Trinajstić information content (AvgIpc) is 2.38. The largest absolute Gasteiger partial charge is 0.398 e. The highest BCUT2D eigenvalue weighted by atomic mass is 35.5. The fourth-order valence-electron chi connectivity index (χ4n) is 1.51. The van der Waals surface area contributed by atoms with Crippen LogP contribution in [0.15, 0.2) is 24.5 Å². The minimum absolute atomic E-state index is 0.0799. The second kappa shape index (κ2) is 5.42. The highest BCUT2D eigenvalue weighted by Crippen LogP contribution is 2.26. The summed E-state index contributed by atoms with van der Waals surface area (Å²) in [4.78, 5) is 19.7. The topological polar surface area (TPSA) is 80.9 Å². The number of aromatic nitrogens is 2. The number of halogens is 2. The van der Waals surface area contributed by atoms with Crippen molar-refractivity contribution in [2.75, 3.05) is 11.1 Å². The third-order valence-electron chi connectivity index (χ3n) is 2.60. The van der Waals surface area contributed by atoms with Crippen molar-refractivity contribution >= 4 is 40.6 Å². The van der Waals surface area contributed by atoms with Crippen LogP contribution in [0.3, 0.4) is 0 Å². The Labute approximate surface area is 119 Å². The molecule has 0 unspecified atom stereocenters. The maximum atomic E-state index is 12.1. The summed E-state index contributed by atoms with van der Waals surface area (Å²) in [6.07, 6.45) is 1.22. The van der Waals surface area contributed by atoms with Crippen molar-refractivity contribution in [1.82, 2.24) is 9.97 Å². The van der Waals surface area contributed by atoms with Crippen molar-refractivity contribution in [3.05, 3.63) is 45.8 Å². The molecular formula is C12H10Cl2N4O. The van der Waals surface area contributed by atoms with E-state index in [9.17, 15) is 4.79 Å². The molecule has 2 aromatic rings. The normalized spacial score (nSPS) is 10.3. The van der Waals surface area contributed by atoms with Crippen LogP contribution in [0.1, 0.15) is 15.9 Å². The molecule has 1 aromatic heterocycles. The predicted molar refractivity (Wildman–Crippen MR) is 75.6 cm³/mol. The fourth-order valence-corrected chi connectivity index (χ4v) is 1.79. The van der Waals surface area contributed by atoms with E-state index < -0.39 is 0 Å². The van der Waals surface area contributed by atoms with Crippen molar-refractivity contribution in [3.8, 4) is 0 Å². The Morgan fingerprint density at radius 3 is 2.79 bits per heavy atom. The molecule has 7 heteroatoms. The lowest BCUT2D eigenvalue weighted by Gasteiger charge is -2.09. The fraction of sp³-hybridized carbons (Fsp3) is 0.0833. The van der Waals surface area contributed by atoms with E-state index in [2.05, 4.69) is 15.3 Å². The first-order chi connectivity index (χ1) is 9.00. The second-order valence-electron chi connectivity index (χ2n) is 3.80. The van der Waals surface area contributed by atoms with Crippen molar-refractivity contribution in [1.29, 1.82) is 0 Å². The number of nitrogens with one attached hydrogen (secondary N) is 1. The van der Waals surface area contributed by atoms with Crippen LogP contribution >= 0.6 is 23.2 Å². The first kappa shape index (κ1) is 13.6. The van der Waals surface area contributed by atoms with E-state index >= 15 is 0 Å². The van der Waals surface area contributed by atoms with Crippen molar-refractivity contribution in [2.24, 2.45) is 0 Å². The Hall–Kier alpha value is -1.85. The Bertz CT molecular complexity index is 646. The number of nitrogen functional groups attached to an aromatic ring is 1. The summed E-state index contributed by atoms with van der Waals surface area (Å²) in [6, 6.07) is 5.09. The smallest absolute Gasteiger partial charge is 0.257 e. The van der Waals surface area contributed by atoms with Crippen LogP contribution < -0.4 is 11.1 Å². The van der Waals surface area contributed by atoms with Crippen molar-refractivity contribution in [3.63, 3.8) is 0 Å². The van der Waals surface area contributed by atoms with Gasteiger partial charge in [-0.25, -0.2) is 9.97 Å². The van der Waals surface area contributed by atoms with Gasteiger partial charge in [-0.3, -0.25) is 4.79 Å². The van der Waals surface area contributed by atoms with Crippen LogP contribution in [0.5, 0.6) is 0 Å². The van der Waals surface area contributed by atoms with Gasteiger partial charge in [-0.1, -0.05) is 29.3 Å². The molecule has 0 aliphatic carbocycles. The van der Waals surface area contributed by atoms with Crippen molar-refractivity contribution in [2.45, 2.75) is 6.92 Å². The molecule has 98 valence electrons. The number of carbonyl (C=O) groups is 1. The van der Waals surface area contributed by atoms with E-state index in [0.717, 1.165) is 0 Å². The molecular weight excluding hydrogens is 287 g/mol. The summed E-state index contributed by atoms with van der Waals surface area (Å²) in [6.45, 7) is 1.76. The van der Waals surface area contributed by atoms with Crippen LogP contribution in [0.25, 0.3) is 0 Å². The van der Waals surface area contributed by atoms with Crippen LogP contribution in [0, 0.1) is 6.92 Å². The zero-order chi connectivity index (χ0) is 14.0. The molecule has 0 fully saturated rings. The number of hydrogen-bond acceptors (Lipinski definition) is 4. The second-order valence-corrected chi connectivity index (χ2v) is 4.54. The Balaban J connectivity index is 2.31. The van der Waals surface area contributed by atoms with Crippen LogP contribution in [0.4, 0.5) is 11.5 Å². The number of carbonyl (C=O) groups excluding carboxylic acids is 1. The summed E-state index contributed by atoms with van der Waals surface area (Å²) in [7, 11) is 0. The highest BCUT2D eigenvalue weighted by molar-refractivity contribution is 6.43. The monoisotopic (exact) mass is 296 g/mol. The molecule has 0 bridgehead atoms. The number of benzene rings is 1. The van der Waals surface area contributed by atoms with Crippen molar-refractivity contribution < 1.29 is 4.79 Å². The maximum absolute atomic E-state index is 12.1. The molecule has 0 radical (unpaired) electrons. The van der Waals surface area contributed by atoms with Gasteiger partial charge in [-0.15, -0.1) is 0 Å². The lowest BCUT2D eigenvalue weighted by atomic mass is 10.1. The number of anilines is 2. The zero-order valence-corrected chi connectivity index (χ0v) is 11.5. The first-order valence-corrected chi connectivity index (χ1v) is 6.08. The third kappa shape index (κ3) is 2.77. The van der Waals surface area contributed by atoms with Gasteiger partial charge in [0.05, 0.1) is 0 Å². The third-order valence-corrected chi connectivity index (χ3v) is 3.34. The molecule has 19 heavy (non-hydrogen) atoms. The highest BCUT2D eigenvalue weighted by Gasteiger charge is 2.14. The number of nitrogens with zero attached hydrogens (tertiary/aromatic N) is 2. The van der Waals surface area contributed by atoms with Gasteiger partial charge >= 0.3 is 0 Å². The zero-order valence-electron chi connectivity index (χ0n) is 9.95. The first-order valence-electron chi connectivity index (χ1n) is 5.33. The number of rotatable bonds is 2. The molecule has 2 rings (SSSR count). The molecule has 1 aromatic carbocycles. The van der Waals surface area contributed by atoms with Gasteiger partial charge in [0, 0.05) is 11.3 Å². The van der Waals surface area contributed by atoms with Gasteiger partial charge < -0.3 is 11.1 Å². The van der Waals surface area contributed by atoms with Gasteiger partial charge in [-0.05, 0) is 24.6 Å². The average molecular weight is 297 g/mol. The quantitative estimate of drug-likeness (QED) is 0.659. The minimum atomic E-state index is -0.360. The lowest BCUT2D eigenvalue weighted by molar-refractivity contribution is 0.102. The maximum Gasteiger partial charge on any atom is 0.257 e. The van der Waals surface area contributed by atoms with Gasteiger partial charge in [0.25, 0.3) is 5.91 Å². The van der Waals surface area contributed by atoms with Gasteiger partial charge in [0.15, 0.2) is 11.0 Å². The molecule has 0 spiro atoms. The molecule has 0 aliphatic rings. The van der Waals surface area contributed by atoms with E-state index in [0.29, 0.717) is 16.8 Å². The van der Waals surface area contributed by atoms with E-state index in [1.807, 2.05) is 0 Å². The molecule has 0 aliphatic heterocycles. The number of amides is 1.